The van der Waals surface area contributed by atoms with Crippen molar-refractivity contribution in [3.63, 3.8) is 0 Å². The molecule has 1 aromatic rings. The zero-order valence-electron chi connectivity index (χ0n) is 9.49. The van der Waals surface area contributed by atoms with Gasteiger partial charge >= 0.3 is 0 Å². The second-order valence-corrected chi connectivity index (χ2v) is 5.31. The Hall–Kier alpha value is -0.450. The lowest BCUT2D eigenvalue weighted by molar-refractivity contribution is 0.230. The number of aryl methyl sites for hydroxylation is 1. The molecular weight excluding hydrogens is 206 g/mol. The van der Waals surface area contributed by atoms with Gasteiger partial charge in [0.2, 0.25) is 0 Å². The van der Waals surface area contributed by atoms with Gasteiger partial charge in [-0.25, -0.2) is 4.98 Å². The number of nitrogens with zero attached hydrogens (tertiary/aromatic N) is 2. The van der Waals surface area contributed by atoms with E-state index in [9.17, 15) is 0 Å². The molecule has 0 saturated carbocycles. The van der Waals surface area contributed by atoms with E-state index in [2.05, 4.69) is 34.4 Å². The van der Waals surface area contributed by atoms with Gasteiger partial charge in [-0.3, -0.25) is 0 Å². The van der Waals surface area contributed by atoms with Crippen LogP contribution in [0.25, 0.3) is 0 Å². The van der Waals surface area contributed by atoms with Crippen molar-refractivity contribution in [3.8, 4) is 0 Å². The summed E-state index contributed by atoms with van der Waals surface area (Å²) >= 11 is 1.75. The second kappa shape index (κ2) is 5.05. The third-order valence-corrected chi connectivity index (χ3v) is 3.68. The van der Waals surface area contributed by atoms with Crippen molar-refractivity contribution in [2.45, 2.75) is 19.8 Å². The van der Waals surface area contributed by atoms with Crippen molar-refractivity contribution >= 4 is 11.3 Å². The first-order chi connectivity index (χ1) is 7.25. The van der Waals surface area contributed by atoms with Crippen LogP contribution < -0.4 is 5.32 Å². The second-order valence-electron chi connectivity index (χ2n) is 4.24. The summed E-state index contributed by atoms with van der Waals surface area (Å²) in [5, 5.41) is 6.75. The average Bonchev–Trinajstić information content (AvgIpc) is 2.66. The fraction of sp³-hybridized carbons (Fsp3) is 0.727. The number of piperazine rings is 1. The summed E-state index contributed by atoms with van der Waals surface area (Å²) in [7, 11) is 0. The zero-order chi connectivity index (χ0) is 10.7. The predicted octanol–water partition coefficient (Wildman–Crippen LogP) is 1.46. The van der Waals surface area contributed by atoms with Gasteiger partial charge in [0.25, 0.3) is 0 Å². The van der Waals surface area contributed by atoms with Crippen LogP contribution in [0.4, 0.5) is 0 Å². The largest absolute Gasteiger partial charge is 0.314 e. The van der Waals surface area contributed by atoms with Crippen LogP contribution in [0.5, 0.6) is 0 Å². The number of aromatic nitrogens is 1. The molecule has 0 aliphatic carbocycles. The fourth-order valence-corrected chi connectivity index (χ4v) is 2.72. The van der Waals surface area contributed by atoms with Gasteiger partial charge in [0, 0.05) is 44.0 Å². The van der Waals surface area contributed by atoms with Gasteiger partial charge in [0.1, 0.15) is 0 Å². The maximum absolute atomic E-state index is 4.55. The molecule has 2 rings (SSSR count). The summed E-state index contributed by atoms with van der Waals surface area (Å²) in [6.45, 7) is 10.1. The Morgan fingerprint density at radius 1 is 1.53 bits per heavy atom. The molecule has 0 bridgehead atoms. The molecule has 1 atom stereocenters. The minimum Gasteiger partial charge on any atom is -0.314 e. The van der Waals surface area contributed by atoms with Gasteiger partial charge in [0.15, 0.2) is 0 Å². The Morgan fingerprint density at radius 2 is 2.27 bits per heavy atom. The molecule has 0 amide bonds. The summed E-state index contributed by atoms with van der Waals surface area (Å²) in [6, 6.07) is 0. The van der Waals surface area contributed by atoms with Crippen LogP contribution in [0.2, 0.25) is 0 Å². The Bertz CT molecular complexity index is 305. The molecule has 0 aromatic carbocycles. The normalized spacial score (nSPS) is 20.4. The van der Waals surface area contributed by atoms with E-state index >= 15 is 0 Å². The van der Waals surface area contributed by atoms with Gasteiger partial charge in [-0.1, -0.05) is 6.92 Å². The zero-order valence-corrected chi connectivity index (χ0v) is 10.3. The molecule has 1 fully saturated rings. The summed E-state index contributed by atoms with van der Waals surface area (Å²) in [4.78, 5) is 7.08. The van der Waals surface area contributed by atoms with Gasteiger partial charge in [-0.15, -0.1) is 11.3 Å². The van der Waals surface area contributed by atoms with E-state index in [1.165, 1.54) is 23.8 Å². The maximum atomic E-state index is 4.55. The quantitative estimate of drug-likeness (QED) is 0.844. The topological polar surface area (TPSA) is 28.2 Å². The monoisotopic (exact) mass is 225 g/mol. The number of hydrogen-bond donors (Lipinski definition) is 1. The highest BCUT2D eigenvalue weighted by Crippen LogP contribution is 2.19. The highest BCUT2D eigenvalue weighted by molar-refractivity contribution is 7.09. The molecule has 1 aliphatic heterocycles. The molecule has 1 aliphatic rings. The highest BCUT2D eigenvalue weighted by atomic mass is 32.1. The van der Waals surface area contributed by atoms with Crippen LogP contribution in [-0.2, 0) is 0 Å². The summed E-state index contributed by atoms with van der Waals surface area (Å²) in [5.41, 5.74) is 1.26. The summed E-state index contributed by atoms with van der Waals surface area (Å²) < 4.78 is 0. The van der Waals surface area contributed by atoms with E-state index in [1.54, 1.807) is 11.3 Å². The lowest BCUT2D eigenvalue weighted by Crippen LogP contribution is -2.44. The molecule has 1 unspecified atom stereocenters. The fourth-order valence-electron chi connectivity index (χ4n) is 1.98. The van der Waals surface area contributed by atoms with E-state index in [4.69, 9.17) is 0 Å². The van der Waals surface area contributed by atoms with Gasteiger partial charge in [-0.05, 0) is 6.92 Å². The van der Waals surface area contributed by atoms with Crippen molar-refractivity contribution < 1.29 is 0 Å². The Balaban J connectivity index is 1.88. The number of nitrogens with one attached hydrogen (secondary N) is 1. The van der Waals surface area contributed by atoms with E-state index in [1.807, 2.05) is 0 Å². The minimum atomic E-state index is 0.563. The smallest absolute Gasteiger partial charge is 0.0897 e. The van der Waals surface area contributed by atoms with Gasteiger partial charge < -0.3 is 10.2 Å². The molecule has 1 N–H and O–H groups in total. The first kappa shape index (κ1) is 11.0. The molecule has 3 nitrogen and oxygen atoms in total. The molecule has 1 saturated heterocycles. The molecule has 2 heterocycles. The molecular formula is C11H19N3S. The maximum Gasteiger partial charge on any atom is 0.0897 e. The summed E-state index contributed by atoms with van der Waals surface area (Å²) in [6.07, 6.45) is 0. The molecule has 1 aromatic heterocycles. The predicted molar refractivity (Wildman–Crippen MR) is 64.6 cm³/mol. The van der Waals surface area contributed by atoms with E-state index in [0.717, 1.165) is 19.6 Å². The minimum absolute atomic E-state index is 0.563. The Morgan fingerprint density at radius 3 is 2.87 bits per heavy atom. The number of thiazole rings is 1. The molecule has 4 heteroatoms. The summed E-state index contributed by atoms with van der Waals surface area (Å²) in [5.74, 6) is 0.563. The number of rotatable bonds is 3. The van der Waals surface area contributed by atoms with E-state index in [0.29, 0.717) is 5.92 Å². The first-order valence-electron chi connectivity index (χ1n) is 5.61. The molecule has 0 radical (unpaired) electrons. The van der Waals surface area contributed by atoms with Crippen molar-refractivity contribution in [1.82, 2.24) is 15.2 Å². The molecule has 15 heavy (non-hydrogen) atoms. The van der Waals surface area contributed by atoms with Crippen molar-refractivity contribution in [2.24, 2.45) is 0 Å². The van der Waals surface area contributed by atoms with Crippen LogP contribution in [0.15, 0.2) is 5.38 Å². The highest BCUT2D eigenvalue weighted by Gasteiger charge is 2.15. The van der Waals surface area contributed by atoms with Gasteiger partial charge in [-0.2, -0.15) is 0 Å². The van der Waals surface area contributed by atoms with Gasteiger partial charge in [0.05, 0.1) is 10.7 Å². The van der Waals surface area contributed by atoms with Crippen LogP contribution in [-0.4, -0.2) is 42.6 Å². The van der Waals surface area contributed by atoms with E-state index in [-0.39, 0.29) is 0 Å². The van der Waals surface area contributed by atoms with E-state index < -0.39 is 0 Å². The third-order valence-electron chi connectivity index (χ3n) is 2.88. The first-order valence-corrected chi connectivity index (χ1v) is 6.49. The van der Waals surface area contributed by atoms with Crippen LogP contribution in [0.1, 0.15) is 23.5 Å². The van der Waals surface area contributed by atoms with Crippen molar-refractivity contribution in [1.29, 1.82) is 0 Å². The van der Waals surface area contributed by atoms with Crippen LogP contribution >= 0.6 is 11.3 Å². The van der Waals surface area contributed by atoms with Crippen LogP contribution in [0.3, 0.4) is 0 Å². The average molecular weight is 225 g/mol. The molecule has 84 valence electrons. The molecule has 0 spiro atoms. The lowest BCUT2D eigenvalue weighted by Gasteiger charge is -2.29. The Kier molecular flexibility index (Phi) is 3.72. The lowest BCUT2D eigenvalue weighted by atomic mass is 10.1. The standard InChI is InChI=1S/C11H19N3S/c1-9(11-8-15-10(2)13-11)7-14-5-3-12-4-6-14/h8-9,12H,3-7H2,1-2H3. The van der Waals surface area contributed by atoms with Crippen molar-refractivity contribution in [2.75, 3.05) is 32.7 Å². The van der Waals surface area contributed by atoms with Crippen LogP contribution in [0, 0.1) is 6.92 Å². The SMILES string of the molecule is Cc1nc(C(C)CN2CCNCC2)cs1. The van der Waals surface area contributed by atoms with Crippen molar-refractivity contribution in [3.05, 3.63) is 16.1 Å². The third kappa shape index (κ3) is 3.00. The number of hydrogen-bond acceptors (Lipinski definition) is 4. The Labute approximate surface area is 95.5 Å².